The van der Waals surface area contributed by atoms with Gasteiger partial charge in [0.1, 0.15) is 5.75 Å². The van der Waals surface area contributed by atoms with Crippen molar-refractivity contribution in [3.63, 3.8) is 0 Å². The number of rotatable bonds is 2. The van der Waals surface area contributed by atoms with Gasteiger partial charge in [0.05, 0.1) is 10.6 Å². The van der Waals surface area contributed by atoms with E-state index in [1.807, 2.05) is 6.92 Å². The topological polar surface area (TPSA) is 74.6 Å². The van der Waals surface area contributed by atoms with Gasteiger partial charge < -0.3 is 10.4 Å². The Labute approximate surface area is 143 Å². The Kier molecular flexibility index (Phi) is 4.32. The first-order valence-corrected chi connectivity index (χ1v) is 8.64. The first-order valence-electron chi connectivity index (χ1n) is 6.22. The van der Waals surface area contributed by atoms with Gasteiger partial charge in [-0.3, -0.25) is 4.79 Å². The number of thioether (sulfide) groups is 1. The molecule has 1 aromatic heterocycles. The van der Waals surface area contributed by atoms with E-state index in [1.54, 1.807) is 30.5 Å². The Balaban J connectivity index is 1.85. The Morgan fingerprint density at radius 1 is 1.45 bits per heavy atom. The molecule has 0 saturated carbocycles. The summed E-state index contributed by atoms with van der Waals surface area (Å²) < 4.78 is 0.774. The number of aromatic nitrogens is 1. The summed E-state index contributed by atoms with van der Waals surface area (Å²) in [5.41, 5.74) is 1.55. The summed E-state index contributed by atoms with van der Waals surface area (Å²) in [7, 11) is 0. The number of benzene rings is 1. The summed E-state index contributed by atoms with van der Waals surface area (Å²) in [5.74, 6) is 0.0191. The van der Waals surface area contributed by atoms with Gasteiger partial charge in [-0.25, -0.2) is 9.98 Å². The van der Waals surface area contributed by atoms with E-state index in [2.05, 4.69) is 31.2 Å². The quantitative estimate of drug-likeness (QED) is 0.758. The number of phenols is 1. The molecular weight excluding hydrogens is 386 g/mol. The highest BCUT2D eigenvalue weighted by Crippen LogP contribution is 2.31. The van der Waals surface area contributed by atoms with Crippen LogP contribution in [0, 0.1) is 6.92 Å². The molecule has 22 heavy (non-hydrogen) atoms. The number of halogens is 1. The van der Waals surface area contributed by atoms with Gasteiger partial charge in [-0.1, -0.05) is 0 Å². The molecule has 2 N–H and O–H groups in total. The van der Waals surface area contributed by atoms with Crippen LogP contribution in [0.5, 0.6) is 5.75 Å². The largest absolute Gasteiger partial charge is 0.508 e. The molecule has 1 aromatic carbocycles. The second-order valence-corrected chi connectivity index (χ2v) is 7.84. The van der Waals surface area contributed by atoms with Gasteiger partial charge >= 0.3 is 0 Å². The minimum Gasteiger partial charge on any atom is -0.508 e. The van der Waals surface area contributed by atoms with Gasteiger partial charge in [0.15, 0.2) is 9.08 Å². The number of aryl methyl sites for hydroxylation is 1. The van der Waals surface area contributed by atoms with E-state index in [1.165, 1.54) is 23.1 Å². The van der Waals surface area contributed by atoms with Crippen molar-refractivity contribution in [3.8, 4) is 5.75 Å². The standard InChI is InChI=1S/C14H10BrN3O2S2/c1-7-4-8(19)2-3-10(7)17-14-18-12(20)11(22-14)5-9-6-16-13(15)21-9/h2-6,19H,1H3,(H,17,18,20). The van der Waals surface area contributed by atoms with Crippen LogP contribution in [-0.2, 0) is 4.79 Å². The van der Waals surface area contributed by atoms with Crippen LogP contribution in [0.2, 0.25) is 0 Å². The van der Waals surface area contributed by atoms with E-state index in [0.29, 0.717) is 15.8 Å². The van der Waals surface area contributed by atoms with Crippen LogP contribution in [-0.4, -0.2) is 21.2 Å². The van der Waals surface area contributed by atoms with Crippen LogP contribution < -0.4 is 5.32 Å². The maximum atomic E-state index is 12.0. The third-order valence-corrected chi connectivity index (χ3v) is 5.16. The fourth-order valence-corrected chi connectivity index (χ4v) is 3.96. The van der Waals surface area contributed by atoms with Gasteiger partial charge in [0.2, 0.25) is 0 Å². The van der Waals surface area contributed by atoms with Crippen molar-refractivity contribution < 1.29 is 9.90 Å². The lowest BCUT2D eigenvalue weighted by molar-refractivity contribution is -0.115. The monoisotopic (exact) mass is 395 g/mol. The number of hydrogen-bond acceptors (Lipinski definition) is 6. The van der Waals surface area contributed by atoms with Crippen LogP contribution in [0.15, 0.2) is 38.2 Å². The molecule has 0 bridgehead atoms. The molecule has 112 valence electrons. The van der Waals surface area contributed by atoms with Gasteiger partial charge in [-0.05, 0) is 64.5 Å². The Morgan fingerprint density at radius 2 is 2.27 bits per heavy atom. The van der Waals surface area contributed by atoms with Crippen molar-refractivity contribution in [2.24, 2.45) is 4.99 Å². The first kappa shape index (κ1) is 15.3. The van der Waals surface area contributed by atoms with E-state index in [9.17, 15) is 9.90 Å². The second kappa shape index (κ2) is 6.23. The summed E-state index contributed by atoms with van der Waals surface area (Å²) in [6.45, 7) is 1.85. The first-order chi connectivity index (χ1) is 10.5. The average molecular weight is 396 g/mol. The molecular formula is C14H10BrN3O2S2. The molecule has 5 nitrogen and oxygen atoms in total. The lowest BCUT2D eigenvalue weighted by Gasteiger charge is -2.01. The molecule has 0 spiro atoms. The summed E-state index contributed by atoms with van der Waals surface area (Å²) >= 11 is 6.03. The number of amides is 1. The van der Waals surface area contributed by atoms with Crippen molar-refractivity contribution in [2.45, 2.75) is 6.92 Å². The lowest BCUT2D eigenvalue weighted by Crippen LogP contribution is -2.19. The number of nitrogens with zero attached hydrogens (tertiary/aromatic N) is 2. The molecule has 2 aromatic rings. The molecule has 8 heteroatoms. The highest BCUT2D eigenvalue weighted by Gasteiger charge is 2.24. The van der Waals surface area contributed by atoms with E-state index >= 15 is 0 Å². The van der Waals surface area contributed by atoms with Crippen LogP contribution in [0.1, 0.15) is 10.4 Å². The molecule has 1 saturated heterocycles. The van der Waals surface area contributed by atoms with Gasteiger partial charge in [0, 0.05) is 11.1 Å². The third-order valence-electron chi connectivity index (χ3n) is 2.82. The number of carbonyl (C=O) groups excluding carboxylic acids is 1. The van der Waals surface area contributed by atoms with Gasteiger partial charge in [0.25, 0.3) is 5.91 Å². The smallest absolute Gasteiger partial charge is 0.264 e. The van der Waals surface area contributed by atoms with E-state index in [-0.39, 0.29) is 11.7 Å². The lowest BCUT2D eigenvalue weighted by atomic mass is 10.2. The van der Waals surface area contributed by atoms with E-state index in [4.69, 9.17) is 0 Å². The maximum Gasteiger partial charge on any atom is 0.264 e. The fraction of sp³-hybridized carbons (Fsp3) is 0.0714. The van der Waals surface area contributed by atoms with Crippen LogP contribution in [0.4, 0.5) is 5.69 Å². The average Bonchev–Trinajstić information content (AvgIpc) is 3.00. The third kappa shape index (κ3) is 3.40. The van der Waals surface area contributed by atoms with E-state index in [0.717, 1.165) is 14.4 Å². The predicted octanol–water partition coefficient (Wildman–Crippen LogP) is 3.81. The molecule has 1 aliphatic heterocycles. The molecule has 1 amide bonds. The maximum absolute atomic E-state index is 12.0. The minimum absolute atomic E-state index is 0.176. The van der Waals surface area contributed by atoms with E-state index < -0.39 is 0 Å². The zero-order chi connectivity index (χ0) is 15.7. The zero-order valence-electron chi connectivity index (χ0n) is 11.3. The number of nitrogens with one attached hydrogen (secondary N) is 1. The summed E-state index contributed by atoms with van der Waals surface area (Å²) in [6.07, 6.45) is 3.49. The number of aromatic hydroxyl groups is 1. The van der Waals surface area contributed by atoms with Crippen LogP contribution >= 0.6 is 39.0 Å². The van der Waals surface area contributed by atoms with Crippen molar-refractivity contribution in [1.82, 2.24) is 10.3 Å². The number of thiazole rings is 1. The molecule has 0 atom stereocenters. The van der Waals surface area contributed by atoms with Crippen molar-refractivity contribution >= 4 is 61.9 Å². The highest BCUT2D eigenvalue weighted by atomic mass is 79.9. The Morgan fingerprint density at radius 3 is 2.95 bits per heavy atom. The van der Waals surface area contributed by atoms with Gasteiger partial charge in [-0.2, -0.15) is 0 Å². The summed E-state index contributed by atoms with van der Waals surface area (Å²) in [6, 6.07) is 4.91. The zero-order valence-corrected chi connectivity index (χ0v) is 14.6. The number of phenolic OH excluding ortho intramolecular Hbond substituents is 1. The minimum atomic E-state index is -0.176. The summed E-state index contributed by atoms with van der Waals surface area (Å²) in [4.78, 5) is 22.0. The predicted molar refractivity (Wildman–Crippen MR) is 93.5 cm³/mol. The Bertz CT molecular complexity index is 814. The SMILES string of the molecule is Cc1cc(O)ccc1N=C1NC(=O)C(=Cc2cnc(Br)s2)S1. The molecule has 1 fully saturated rings. The second-order valence-electron chi connectivity index (χ2n) is 4.47. The van der Waals surface area contributed by atoms with Crippen molar-refractivity contribution in [1.29, 1.82) is 0 Å². The number of aliphatic imine (C=N–C) groups is 1. The van der Waals surface area contributed by atoms with Gasteiger partial charge in [-0.15, -0.1) is 11.3 Å². The van der Waals surface area contributed by atoms with Crippen molar-refractivity contribution in [3.05, 3.63) is 43.7 Å². The number of amidine groups is 1. The highest BCUT2D eigenvalue weighted by molar-refractivity contribution is 9.11. The van der Waals surface area contributed by atoms with Crippen LogP contribution in [0.25, 0.3) is 6.08 Å². The molecule has 0 aliphatic carbocycles. The fourth-order valence-electron chi connectivity index (χ4n) is 1.82. The molecule has 1 aliphatic rings. The van der Waals surface area contributed by atoms with Crippen LogP contribution in [0.3, 0.4) is 0 Å². The summed E-state index contributed by atoms with van der Waals surface area (Å²) in [5, 5.41) is 12.7. The molecule has 0 radical (unpaired) electrons. The Hall–Kier alpha value is -1.64. The molecule has 3 rings (SSSR count). The number of carbonyl (C=O) groups is 1. The number of hydrogen-bond donors (Lipinski definition) is 2. The molecule has 2 heterocycles. The van der Waals surface area contributed by atoms with Crippen molar-refractivity contribution in [2.75, 3.05) is 0 Å². The molecule has 0 unspecified atom stereocenters. The normalized spacial score (nSPS) is 18.2.